The van der Waals surface area contributed by atoms with Gasteiger partial charge >= 0.3 is 0 Å². The molecule has 0 heterocycles. The number of rotatable bonds is 9. The van der Waals surface area contributed by atoms with Crippen LogP contribution in [0.5, 0.6) is 0 Å². The largest absolute Gasteiger partial charge is 0.369 e. The lowest BCUT2D eigenvalue weighted by Gasteiger charge is -2.37. The van der Waals surface area contributed by atoms with Gasteiger partial charge in [-0.15, -0.1) is 0 Å². The lowest BCUT2D eigenvalue weighted by atomic mass is 9.76. The molecule has 5 aromatic carbocycles. The van der Waals surface area contributed by atoms with Crippen molar-refractivity contribution in [1.82, 2.24) is 5.32 Å². The van der Waals surface area contributed by atoms with E-state index in [1.165, 1.54) is 0 Å². The van der Waals surface area contributed by atoms with Crippen molar-refractivity contribution in [3.05, 3.63) is 156 Å². The summed E-state index contributed by atoms with van der Waals surface area (Å²) >= 11 is 0. The van der Waals surface area contributed by atoms with Crippen molar-refractivity contribution in [2.45, 2.75) is 18.4 Å². The van der Waals surface area contributed by atoms with E-state index in [1.54, 1.807) is 0 Å². The second-order valence-electron chi connectivity index (χ2n) is 9.59. The fourth-order valence-corrected chi connectivity index (χ4v) is 5.19. The van der Waals surface area contributed by atoms with Gasteiger partial charge in [-0.25, -0.2) is 0 Å². The minimum atomic E-state index is -0.938. The number of nitrogens with two attached hydrogens (primary N) is 1. The molecule has 0 spiro atoms. The minimum absolute atomic E-state index is 0.0174. The average molecular weight is 499 g/mol. The summed E-state index contributed by atoms with van der Waals surface area (Å²) in [6, 6.07) is 43.9. The summed E-state index contributed by atoms with van der Waals surface area (Å²) in [6.45, 7) is 0. The predicted molar refractivity (Wildman–Crippen MR) is 152 cm³/mol. The molecule has 5 aromatic rings. The van der Waals surface area contributed by atoms with E-state index >= 15 is 0 Å². The summed E-state index contributed by atoms with van der Waals surface area (Å²) in [7, 11) is 0. The predicted octanol–water partition coefficient (Wildman–Crippen LogP) is 5.98. The van der Waals surface area contributed by atoms with Crippen molar-refractivity contribution in [3.63, 3.8) is 0 Å². The number of primary amides is 1. The van der Waals surface area contributed by atoms with Crippen LogP contribution in [0.25, 0.3) is 10.8 Å². The zero-order chi connectivity index (χ0) is 26.4. The molecule has 0 radical (unpaired) electrons. The van der Waals surface area contributed by atoms with Crippen molar-refractivity contribution in [1.29, 1.82) is 0 Å². The van der Waals surface area contributed by atoms with E-state index in [9.17, 15) is 9.59 Å². The second kappa shape index (κ2) is 11.1. The topological polar surface area (TPSA) is 72.2 Å². The Morgan fingerprint density at radius 3 is 1.61 bits per heavy atom. The fourth-order valence-electron chi connectivity index (χ4n) is 5.19. The molecule has 0 aliphatic rings. The Kier molecular flexibility index (Phi) is 7.32. The molecule has 0 aromatic heterocycles. The zero-order valence-corrected chi connectivity index (χ0v) is 21.1. The van der Waals surface area contributed by atoms with Gasteiger partial charge in [-0.05, 0) is 39.4 Å². The summed E-state index contributed by atoms with van der Waals surface area (Å²) in [5, 5.41) is 5.55. The van der Waals surface area contributed by atoms with Gasteiger partial charge < -0.3 is 11.1 Å². The maximum absolute atomic E-state index is 13.8. The number of nitrogens with one attached hydrogen (secondary N) is 1. The Morgan fingerprint density at radius 2 is 1.11 bits per heavy atom. The molecule has 1 unspecified atom stereocenters. The van der Waals surface area contributed by atoms with Crippen LogP contribution in [0, 0.1) is 5.92 Å². The maximum atomic E-state index is 13.8. The van der Waals surface area contributed by atoms with E-state index in [0.717, 1.165) is 33.0 Å². The molecule has 0 saturated heterocycles. The van der Waals surface area contributed by atoms with Crippen LogP contribution in [0.1, 0.15) is 28.7 Å². The maximum Gasteiger partial charge on any atom is 0.222 e. The molecule has 0 aliphatic carbocycles. The highest BCUT2D eigenvalue weighted by Gasteiger charge is 2.38. The van der Waals surface area contributed by atoms with Crippen LogP contribution in [0.15, 0.2) is 133 Å². The SMILES string of the molecule is NC(=O)C(CC(=O)NC(c1ccccc1)(c1ccccc1)c1ccccc1)Cc1ccc2ccccc2c1. The number of hydrogen-bond acceptors (Lipinski definition) is 2. The first-order chi connectivity index (χ1) is 18.6. The van der Waals surface area contributed by atoms with E-state index in [1.807, 2.05) is 121 Å². The molecule has 1 atom stereocenters. The number of carbonyl (C=O) groups excluding carboxylic acids is 2. The Morgan fingerprint density at radius 1 is 0.632 bits per heavy atom. The molecule has 188 valence electrons. The van der Waals surface area contributed by atoms with E-state index < -0.39 is 17.4 Å². The quantitative estimate of drug-likeness (QED) is 0.245. The fraction of sp³-hybridized carbons (Fsp3) is 0.118. The van der Waals surface area contributed by atoms with Crippen LogP contribution in [0.3, 0.4) is 0 Å². The van der Waals surface area contributed by atoms with Gasteiger partial charge in [0.25, 0.3) is 0 Å². The Balaban J connectivity index is 1.49. The first kappa shape index (κ1) is 25.0. The molecule has 0 bridgehead atoms. The van der Waals surface area contributed by atoms with Crippen molar-refractivity contribution >= 4 is 22.6 Å². The van der Waals surface area contributed by atoms with Crippen LogP contribution in [0.2, 0.25) is 0 Å². The van der Waals surface area contributed by atoms with Crippen LogP contribution in [0.4, 0.5) is 0 Å². The number of amides is 2. The van der Waals surface area contributed by atoms with Gasteiger partial charge in [0.15, 0.2) is 0 Å². The third-order valence-corrected chi connectivity index (χ3v) is 7.08. The third-order valence-electron chi connectivity index (χ3n) is 7.08. The molecule has 5 rings (SSSR count). The van der Waals surface area contributed by atoms with Crippen LogP contribution in [-0.4, -0.2) is 11.8 Å². The summed E-state index contributed by atoms with van der Waals surface area (Å²) in [4.78, 5) is 26.3. The van der Waals surface area contributed by atoms with Gasteiger partial charge in [0.2, 0.25) is 11.8 Å². The lowest BCUT2D eigenvalue weighted by molar-refractivity contribution is -0.129. The summed E-state index contributed by atoms with van der Waals surface area (Å²) in [6.07, 6.45) is 0.374. The molecular weight excluding hydrogens is 468 g/mol. The Bertz CT molecular complexity index is 1440. The Hall–Kier alpha value is -4.70. The number of benzene rings is 5. The smallest absolute Gasteiger partial charge is 0.222 e. The molecule has 0 aliphatic heterocycles. The van der Waals surface area contributed by atoms with Crippen LogP contribution >= 0.6 is 0 Å². The van der Waals surface area contributed by atoms with Gasteiger partial charge in [0.1, 0.15) is 5.54 Å². The van der Waals surface area contributed by atoms with Gasteiger partial charge in [-0.1, -0.05) is 133 Å². The highest BCUT2D eigenvalue weighted by Crippen LogP contribution is 2.37. The van der Waals surface area contributed by atoms with E-state index in [2.05, 4.69) is 17.4 Å². The highest BCUT2D eigenvalue weighted by molar-refractivity contribution is 5.87. The Labute approximate surface area is 223 Å². The van der Waals surface area contributed by atoms with Crippen molar-refractivity contribution in [2.24, 2.45) is 11.7 Å². The minimum Gasteiger partial charge on any atom is -0.369 e. The monoisotopic (exact) mass is 498 g/mol. The average Bonchev–Trinajstić information content (AvgIpc) is 2.97. The lowest BCUT2D eigenvalue weighted by Crippen LogP contribution is -2.48. The van der Waals surface area contributed by atoms with Gasteiger partial charge in [0.05, 0.1) is 5.92 Å². The summed E-state index contributed by atoms with van der Waals surface area (Å²) < 4.78 is 0. The molecule has 3 N–H and O–H groups in total. The van der Waals surface area contributed by atoms with Crippen molar-refractivity contribution < 1.29 is 9.59 Å². The summed E-state index contributed by atoms with van der Waals surface area (Å²) in [5.74, 6) is -1.37. The van der Waals surface area contributed by atoms with E-state index in [4.69, 9.17) is 5.73 Å². The van der Waals surface area contributed by atoms with E-state index in [-0.39, 0.29) is 12.3 Å². The number of fused-ring (bicyclic) bond motifs is 1. The normalized spacial score (nSPS) is 12.1. The van der Waals surface area contributed by atoms with Crippen molar-refractivity contribution in [3.8, 4) is 0 Å². The number of carbonyl (C=O) groups is 2. The van der Waals surface area contributed by atoms with Crippen LogP contribution in [-0.2, 0) is 21.5 Å². The molecule has 4 nitrogen and oxygen atoms in total. The zero-order valence-electron chi connectivity index (χ0n) is 21.1. The first-order valence-corrected chi connectivity index (χ1v) is 12.8. The molecule has 0 fully saturated rings. The van der Waals surface area contributed by atoms with Gasteiger partial charge in [0, 0.05) is 6.42 Å². The number of hydrogen-bond donors (Lipinski definition) is 2. The second-order valence-corrected chi connectivity index (χ2v) is 9.59. The van der Waals surface area contributed by atoms with E-state index in [0.29, 0.717) is 6.42 Å². The van der Waals surface area contributed by atoms with Gasteiger partial charge in [-0.3, -0.25) is 9.59 Å². The first-order valence-electron chi connectivity index (χ1n) is 12.8. The van der Waals surface area contributed by atoms with Gasteiger partial charge in [-0.2, -0.15) is 0 Å². The molecule has 2 amide bonds. The molecular formula is C34H30N2O2. The molecule has 38 heavy (non-hydrogen) atoms. The summed E-state index contributed by atoms with van der Waals surface area (Å²) in [5.41, 5.74) is 8.64. The van der Waals surface area contributed by atoms with Crippen molar-refractivity contribution in [2.75, 3.05) is 0 Å². The highest BCUT2D eigenvalue weighted by atomic mass is 16.2. The molecule has 4 heteroatoms. The van der Waals surface area contributed by atoms with Crippen LogP contribution < -0.4 is 11.1 Å². The standard InChI is InChI=1S/C34H30N2O2/c35-33(38)28(23-25-20-21-26-12-10-11-13-27(26)22-25)24-32(37)36-34(29-14-4-1-5-15-29,30-16-6-2-7-17-30)31-18-8-3-9-19-31/h1-22,28H,23-24H2,(H2,35,38)(H,36,37). The molecule has 0 saturated carbocycles. The third kappa shape index (κ3) is 5.21.